The fourth-order valence-electron chi connectivity index (χ4n) is 1.50. The van der Waals surface area contributed by atoms with Crippen molar-refractivity contribution in [1.82, 2.24) is 0 Å². The van der Waals surface area contributed by atoms with E-state index in [1.54, 1.807) is 0 Å². The standard InChI is InChI=1S/C14H14Se/c1-12(13-8-4-2-5-9-13)15-14-10-6-3-7-11-14/h2-12H,1H3. The minimum absolute atomic E-state index is 0.530. The molecule has 0 aliphatic heterocycles. The van der Waals surface area contributed by atoms with E-state index < -0.39 is 0 Å². The summed E-state index contributed by atoms with van der Waals surface area (Å²) in [7, 11) is 0. The van der Waals surface area contributed by atoms with Crippen molar-refractivity contribution in [3.8, 4) is 0 Å². The number of rotatable bonds is 3. The van der Waals surface area contributed by atoms with Gasteiger partial charge in [0, 0.05) is 0 Å². The van der Waals surface area contributed by atoms with Crippen LogP contribution in [0.15, 0.2) is 60.7 Å². The molecule has 15 heavy (non-hydrogen) atoms. The summed E-state index contributed by atoms with van der Waals surface area (Å²) in [6.45, 7) is 2.31. The van der Waals surface area contributed by atoms with Crippen LogP contribution in [0.1, 0.15) is 17.3 Å². The Morgan fingerprint density at radius 2 is 1.33 bits per heavy atom. The Morgan fingerprint density at radius 1 is 0.800 bits per heavy atom. The predicted molar refractivity (Wildman–Crippen MR) is 66.7 cm³/mol. The number of benzene rings is 2. The molecule has 0 spiro atoms. The monoisotopic (exact) mass is 262 g/mol. The first-order valence-corrected chi connectivity index (χ1v) is 6.97. The fourth-order valence-corrected chi connectivity index (χ4v) is 3.63. The van der Waals surface area contributed by atoms with Crippen LogP contribution in [-0.4, -0.2) is 15.0 Å². The zero-order valence-electron chi connectivity index (χ0n) is 8.76. The molecule has 0 radical (unpaired) electrons. The molecule has 1 unspecified atom stereocenters. The maximum absolute atomic E-state index is 2.31. The normalized spacial score (nSPS) is 12.3. The molecule has 0 heterocycles. The summed E-state index contributed by atoms with van der Waals surface area (Å²) in [6, 6.07) is 21.5. The third-order valence-corrected chi connectivity index (χ3v) is 4.78. The van der Waals surface area contributed by atoms with Crippen molar-refractivity contribution in [3.05, 3.63) is 66.2 Å². The molecule has 0 N–H and O–H groups in total. The molecule has 0 saturated heterocycles. The Morgan fingerprint density at radius 3 is 1.93 bits per heavy atom. The first-order valence-electron chi connectivity index (χ1n) is 5.13. The molecule has 0 fully saturated rings. The summed E-state index contributed by atoms with van der Waals surface area (Å²) in [5.41, 5.74) is 1.45. The van der Waals surface area contributed by atoms with Crippen molar-refractivity contribution in [2.75, 3.05) is 0 Å². The van der Waals surface area contributed by atoms with Crippen LogP contribution in [0, 0.1) is 0 Å². The molecular weight excluding hydrogens is 247 g/mol. The second kappa shape index (κ2) is 5.16. The summed E-state index contributed by atoms with van der Waals surface area (Å²) < 4.78 is 1.47. The van der Waals surface area contributed by atoms with Gasteiger partial charge in [-0.2, -0.15) is 0 Å². The van der Waals surface area contributed by atoms with Crippen LogP contribution >= 0.6 is 0 Å². The van der Waals surface area contributed by atoms with Gasteiger partial charge in [-0.05, 0) is 0 Å². The number of hydrogen-bond acceptors (Lipinski definition) is 0. The van der Waals surface area contributed by atoms with Crippen LogP contribution in [0.5, 0.6) is 0 Å². The molecule has 2 aromatic carbocycles. The second-order valence-corrected chi connectivity index (χ2v) is 6.45. The molecule has 0 bridgehead atoms. The fraction of sp³-hybridized carbons (Fsp3) is 0.143. The summed E-state index contributed by atoms with van der Waals surface area (Å²) in [6.07, 6.45) is 0. The topological polar surface area (TPSA) is 0 Å². The Bertz CT molecular complexity index is 394. The van der Waals surface area contributed by atoms with Crippen LogP contribution in [0.4, 0.5) is 0 Å². The summed E-state index contributed by atoms with van der Waals surface area (Å²) in [5, 5.41) is 0. The summed E-state index contributed by atoms with van der Waals surface area (Å²) >= 11 is 0.530. The van der Waals surface area contributed by atoms with Crippen molar-refractivity contribution in [1.29, 1.82) is 0 Å². The van der Waals surface area contributed by atoms with Crippen LogP contribution in [0.3, 0.4) is 0 Å². The van der Waals surface area contributed by atoms with Crippen LogP contribution in [0.2, 0.25) is 0 Å². The van der Waals surface area contributed by atoms with E-state index in [1.165, 1.54) is 10.0 Å². The van der Waals surface area contributed by atoms with Crippen LogP contribution < -0.4 is 4.46 Å². The molecule has 2 rings (SSSR count). The summed E-state index contributed by atoms with van der Waals surface area (Å²) in [4.78, 5) is 0.654. The van der Waals surface area contributed by atoms with Gasteiger partial charge in [-0.3, -0.25) is 0 Å². The third kappa shape index (κ3) is 2.95. The zero-order valence-corrected chi connectivity index (χ0v) is 10.5. The van der Waals surface area contributed by atoms with Crippen molar-refractivity contribution in [2.45, 2.75) is 11.7 Å². The Kier molecular flexibility index (Phi) is 3.60. The van der Waals surface area contributed by atoms with Crippen molar-refractivity contribution >= 4 is 19.4 Å². The maximum atomic E-state index is 2.31. The van der Waals surface area contributed by atoms with E-state index in [-0.39, 0.29) is 0 Å². The van der Waals surface area contributed by atoms with E-state index in [0.29, 0.717) is 19.8 Å². The van der Waals surface area contributed by atoms with Crippen molar-refractivity contribution in [2.24, 2.45) is 0 Å². The molecule has 0 nitrogen and oxygen atoms in total. The van der Waals surface area contributed by atoms with Crippen molar-refractivity contribution < 1.29 is 0 Å². The van der Waals surface area contributed by atoms with Gasteiger partial charge in [-0.1, -0.05) is 0 Å². The van der Waals surface area contributed by atoms with Gasteiger partial charge in [0.1, 0.15) is 0 Å². The number of hydrogen-bond donors (Lipinski definition) is 0. The van der Waals surface area contributed by atoms with Crippen molar-refractivity contribution in [3.63, 3.8) is 0 Å². The molecular formula is C14H14Se. The minimum atomic E-state index is 0.530. The molecule has 76 valence electrons. The van der Waals surface area contributed by atoms with Crippen LogP contribution in [-0.2, 0) is 0 Å². The van der Waals surface area contributed by atoms with E-state index >= 15 is 0 Å². The molecule has 0 saturated carbocycles. The molecule has 1 heteroatoms. The third-order valence-electron chi connectivity index (χ3n) is 2.33. The Hall–Kier alpha value is -1.04. The van der Waals surface area contributed by atoms with E-state index in [1.807, 2.05) is 0 Å². The molecule has 2 aromatic rings. The Labute approximate surface area is 97.5 Å². The van der Waals surface area contributed by atoms with E-state index in [2.05, 4.69) is 67.6 Å². The van der Waals surface area contributed by atoms with E-state index in [9.17, 15) is 0 Å². The van der Waals surface area contributed by atoms with Gasteiger partial charge in [-0.25, -0.2) is 0 Å². The molecule has 0 aromatic heterocycles. The van der Waals surface area contributed by atoms with Gasteiger partial charge < -0.3 is 0 Å². The molecule has 0 aliphatic carbocycles. The predicted octanol–water partition coefficient (Wildman–Crippen LogP) is 2.78. The van der Waals surface area contributed by atoms with Gasteiger partial charge in [0.25, 0.3) is 0 Å². The van der Waals surface area contributed by atoms with Gasteiger partial charge >= 0.3 is 97.4 Å². The Balaban J connectivity index is 2.08. The SMILES string of the molecule is CC([Se]c1ccccc1)c1ccccc1. The van der Waals surface area contributed by atoms with Gasteiger partial charge in [0.2, 0.25) is 0 Å². The van der Waals surface area contributed by atoms with Crippen LogP contribution in [0.25, 0.3) is 0 Å². The molecule has 0 aliphatic rings. The van der Waals surface area contributed by atoms with E-state index in [0.717, 1.165) is 0 Å². The molecule has 0 amide bonds. The average molecular weight is 261 g/mol. The summed E-state index contributed by atoms with van der Waals surface area (Å²) in [5.74, 6) is 0. The quantitative estimate of drug-likeness (QED) is 0.745. The van der Waals surface area contributed by atoms with Gasteiger partial charge in [-0.15, -0.1) is 0 Å². The van der Waals surface area contributed by atoms with E-state index in [4.69, 9.17) is 0 Å². The average Bonchev–Trinajstić information content (AvgIpc) is 2.31. The molecule has 1 atom stereocenters. The zero-order chi connectivity index (χ0) is 10.5. The van der Waals surface area contributed by atoms with Gasteiger partial charge in [0.05, 0.1) is 0 Å². The first-order chi connectivity index (χ1) is 7.36. The first kappa shape index (κ1) is 10.5. The van der Waals surface area contributed by atoms with Gasteiger partial charge in [0.15, 0.2) is 0 Å². The second-order valence-electron chi connectivity index (χ2n) is 3.48.